The van der Waals surface area contributed by atoms with Crippen molar-refractivity contribution in [3.8, 4) is 0 Å². The minimum Gasteiger partial charge on any atom is -0.481 e. The van der Waals surface area contributed by atoms with E-state index in [1.807, 2.05) is 0 Å². The van der Waals surface area contributed by atoms with Gasteiger partial charge in [0.25, 0.3) is 0 Å². The Morgan fingerprint density at radius 1 is 1.15 bits per heavy atom. The van der Waals surface area contributed by atoms with E-state index in [9.17, 15) is 9.59 Å². The van der Waals surface area contributed by atoms with Gasteiger partial charge >= 0.3 is 12.1 Å². The highest BCUT2D eigenvalue weighted by Gasteiger charge is 2.20. The maximum Gasteiger partial charge on any atom is 0.407 e. The lowest BCUT2D eigenvalue weighted by Crippen LogP contribution is -2.40. The Morgan fingerprint density at radius 2 is 1.75 bits per heavy atom. The number of carbonyl (C=O) groups is 2. The first-order valence-corrected chi connectivity index (χ1v) is 7.46. The number of carboxylic acid groups (broad SMARTS) is 1. The number of carboxylic acids is 1. The van der Waals surface area contributed by atoms with E-state index in [-0.39, 0.29) is 12.5 Å². The SMILES string of the molecule is CCCCCCC[C@@H](CC(=O)O)NC(=O)OC(C)(C)C. The van der Waals surface area contributed by atoms with Crippen molar-refractivity contribution in [1.29, 1.82) is 0 Å². The molecule has 0 unspecified atom stereocenters. The van der Waals surface area contributed by atoms with E-state index in [4.69, 9.17) is 9.84 Å². The zero-order chi connectivity index (χ0) is 15.6. The third-order valence-corrected chi connectivity index (χ3v) is 2.80. The molecule has 0 spiro atoms. The fraction of sp³-hybridized carbons (Fsp3) is 0.867. The standard InChI is InChI=1S/C15H29NO4/c1-5-6-7-8-9-10-12(11-13(17)18)16-14(19)20-15(2,3)4/h12H,5-11H2,1-4H3,(H,16,19)(H,17,18)/t12-/m0/s1. The molecule has 0 bridgehead atoms. The topological polar surface area (TPSA) is 75.6 Å². The van der Waals surface area contributed by atoms with Gasteiger partial charge in [0.05, 0.1) is 6.42 Å². The summed E-state index contributed by atoms with van der Waals surface area (Å²) in [6.45, 7) is 7.49. The third-order valence-electron chi connectivity index (χ3n) is 2.80. The average molecular weight is 287 g/mol. The second kappa shape index (κ2) is 9.61. The Hall–Kier alpha value is -1.26. The maximum atomic E-state index is 11.7. The Labute approximate surface area is 122 Å². The zero-order valence-electron chi connectivity index (χ0n) is 13.2. The lowest BCUT2D eigenvalue weighted by molar-refractivity contribution is -0.137. The number of ether oxygens (including phenoxy) is 1. The molecule has 0 aliphatic carbocycles. The molecule has 0 aromatic carbocycles. The summed E-state index contributed by atoms with van der Waals surface area (Å²) in [6, 6.07) is -0.357. The summed E-state index contributed by atoms with van der Waals surface area (Å²) < 4.78 is 5.15. The molecule has 0 aliphatic rings. The van der Waals surface area contributed by atoms with Crippen LogP contribution < -0.4 is 5.32 Å². The molecular formula is C15H29NO4. The van der Waals surface area contributed by atoms with Crippen molar-refractivity contribution < 1.29 is 19.4 Å². The van der Waals surface area contributed by atoms with Crippen molar-refractivity contribution in [2.45, 2.75) is 84.3 Å². The van der Waals surface area contributed by atoms with Crippen LogP contribution in [0.3, 0.4) is 0 Å². The van der Waals surface area contributed by atoms with Crippen LogP contribution >= 0.6 is 0 Å². The summed E-state index contributed by atoms with van der Waals surface area (Å²) >= 11 is 0. The second-order valence-corrected chi connectivity index (χ2v) is 6.14. The minimum atomic E-state index is -0.903. The summed E-state index contributed by atoms with van der Waals surface area (Å²) in [5.41, 5.74) is -0.570. The van der Waals surface area contributed by atoms with Gasteiger partial charge in [0.2, 0.25) is 0 Å². The highest BCUT2D eigenvalue weighted by molar-refractivity contribution is 5.71. The molecule has 5 heteroatoms. The van der Waals surface area contributed by atoms with Gasteiger partial charge in [-0.05, 0) is 27.2 Å². The van der Waals surface area contributed by atoms with Gasteiger partial charge in [-0.3, -0.25) is 4.79 Å². The van der Waals surface area contributed by atoms with Gasteiger partial charge in [-0.25, -0.2) is 4.79 Å². The maximum absolute atomic E-state index is 11.7. The number of rotatable bonds is 9. The number of unbranched alkanes of at least 4 members (excludes halogenated alkanes) is 4. The van der Waals surface area contributed by atoms with E-state index in [0.717, 1.165) is 19.3 Å². The Kier molecular flexibility index (Phi) is 9.01. The molecule has 0 aliphatic heterocycles. The molecule has 0 aromatic heterocycles. The second-order valence-electron chi connectivity index (χ2n) is 6.14. The first-order chi connectivity index (χ1) is 9.24. The molecule has 5 nitrogen and oxygen atoms in total. The molecule has 0 rings (SSSR count). The normalized spacial score (nSPS) is 12.8. The van der Waals surface area contributed by atoms with Gasteiger partial charge in [0, 0.05) is 6.04 Å². The summed E-state index contributed by atoms with van der Waals surface area (Å²) in [4.78, 5) is 22.5. The van der Waals surface area contributed by atoms with E-state index in [1.165, 1.54) is 12.8 Å². The number of hydrogen-bond acceptors (Lipinski definition) is 3. The highest BCUT2D eigenvalue weighted by Crippen LogP contribution is 2.11. The predicted molar refractivity (Wildman–Crippen MR) is 78.8 cm³/mol. The van der Waals surface area contributed by atoms with Gasteiger partial charge in [0.1, 0.15) is 5.60 Å². The molecule has 118 valence electrons. The number of amides is 1. The molecule has 1 atom stereocenters. The number of aliphatic carboxylic acids is 1. The smallest absolute Gasteiger partial charge is 0.407 e. The fourth-order valence-corrected chi connectivity index (χ4v) is 1.90. The van der Waals surface area contributed by atoms with Crippen molar-refractivity contribution in [1.82, 2.24) is 5.32 Å². The molecule has 0 aromatic rings. The predicted octanol–water partition coefficient (Wildman–Crippen LogP) is 3.71. The van der Waals surface area contributed by atoms with Crippen molar-refractivity contribution in [3.05, 3.63) is 0 Å². The van der Waals surface area contributed by atoms with Crippen LogP contribution in [0.4, 0.5) is 4.79 Å². The van der Waals surface area contributed by atoms with Crippen molar-refractivity contribution in [3.63, 3.8) is 0 Å². The molecule has 1 amide bonds. The molecular weight excluding hydrogens is 258 g/mol. The van der Waals surface area contributed by atoms with Crippen LogP contribution in [0, 0.1) is 0 Å². The van der Waals surface area contributed by atoms with Gasteiger partial charge in [-0.2, -0.15) is 0 Å². The first-order valence-electron chi connectivity index (χ1n) is 7.46. The van der Waals surface area contributed by atoms with E-state index < -0.39 is 17.7 Å². The van der Waals surface area contributed by atoms with Crippen LogP contribution in [0.15, 0.2) is 0 Å². The number of hydrogen-bond donors (Lipinski definition) is 2. The molecule has 0 saturated heterocycles. The summed E-state index contributed by atoms with van der Waals surface area (Å²) in [5.74, 6) is -0.903. The molecule has 20 heavy (non-hydrogen) atoms. The van der Waals surface area contributed by atoms with Crippen LogP contribution in [0.25, 0.3) is 0 Å². The molecule has 0 radical (unpaired) electrons. The van der Waals surface area contributed by atoms with E-state index >= 15 is 0 Å². The van der Waals surface area contributed by atoms with Crippen molar-refractivity contribution in [2.24, 2.45) is 0 Å². The molecule has 0 fully saturated rings. The minimum absolute atomic E-state index is 0.0625. The Bertz CT molecular complexity index is 297. The van der Waals surface area contributed by atoms with Crippen molar-refractivity contribution >= 4 is 12.1 Å². The van der Waals surface area contributed by atoms with Gasteiger partial charge in [-0.15, -0.1) is 0 Å². The monoisotopic (exact) mass is 287 g/mol. The number of alkyl carbamates (subject to hydrolysis) is 1. The fourth-order valence-electron chi connectivity index (χ4n) is 1.90. The Balaban J connectivity index is 4.14. The summed E-state index contributed by atoms with van der Waals surface area (Å²) in [5, 5.41) is 11.5. The van der Waals surface area contributed by atoms with Gasteiger partial charge < -0.3 is 15.2 Å². The largest absolute Gasteiger partial charge is 0.481 e. The lowest BCUT2D eigenvalue weighted by Gasteiger charge is -2.23. The van der Waals surface area contributed by atoms with Gasteiger partial charge in [-0.1, -0.05) is 39.0 Å². The van der Waals surface area contributed by atoms with Crippen molar-refractivity contribution in [2.75, 3.05) is 0 Å². The highest BCUT2D eigenvalue weighted by atomic mass is 16.6. The summed E-state index contributed by atoms with van der Waals surface area (Å²) in [6.07, 6.45) is 5.59. The number of nitrogens with one attached hydrogen (secondary N) is 1. The van der Waals surface area contributed by atoms with Gasteiger partial charge in [0.15, 0.2) is 0 Å². The Morgan fingerprint density at radius 3 is 2.25 bits per heavy atom. The van der Waals surface area contributed by atoms with Crippen LogP contribution in [-0.4, -0.2) is 28.8 Å². The van der Waals surface area contributed by atoms with Crippen LogP contribution in [-0.2, 0) is 9.53 Å². The molecule has 0 saturated carbocycles. The van der Waals surface area contributed by atoms with E-state index in [0.29, 0.717) is 6.42 Å². The molecule has 0 heterocycles. The third kappa shape index (κ3) is 11.8. The summed E-state index contributed by atoms with van der Waals surface area (Å²) in [7, 11) is 0. The van der Waals surface area contributed by atoms with Crippen LogP contribution in [0.2, 0.25) is 0 Å². The average Bonchev–Trinajstić information content (AvgIpc) is 2.24. The van der Waals surface area contributed by atoms with E-state index in [1.54, 1.807) is 20.8 Å². The van der Waals surface area contributed by atoms with E-state index in [2.05, 4.69) is 12.2 Å². The first kappa shape index (κ1) is 18.7. The van der Waals surface area contributed by atoms with Crippen LogP contribution in [0.1, 0.15) is 72.6 Å². The zero-order valence-corrected chi connectivity index (χ0v) is 13.2. The van der Waals surface area contributed by atoms with Crippen LogP contribution in [0.5, 0.6) is 0 Å². The lowest BCUT2D eigenvalue weighted by atomic mass is 10.0. The quantitative estimate of drug-likeness (QED) is 0.634. The number of carbonyl (C=O) groups excluding carboxylic acids is 1. The molecule has 2 N–H and O–H groups in total.